The fraction of sp³-hybridized carbons (Fsp3) is 0. The number of hydrogen-bond acceptors (Lipinski definition) is 4. The molecule has 30 heavy (non-hydrogen) atoms. The summed E-state index contributed by atoms with van der Waals surface area (Å²) in [6.45, 7) is 0. The van der Waals surface area contributed by atoms with Crippen LogP contribution in [-0.4, -0.2) is 19.9 Å². The lowest BCUT2D eigenvalue weighted by Crippen LogP contribution is -1.90. The molecule has 0 radical (unpaired) electrons. The van der Waals surface area contributed by atoms with E-state index in [0.717, 1.165) is 54.8 Å². The molecule has 140 valence electrons. The molecule has 4 heterocycles. The highest BCUT2D eigenvalue weighted by Gasteiger charge is 2.13. The lowest BCUT2D eigenvalue weighted by atomic mass is 9.95. The predicted molar refractivity (Wildman–Crippen MR) is 121 cm³/mol. The molecule has 0 saturated carbocycles. The van der Waals surface area contributed by atoms with Crippen LogP contribution in [0.2, 0.25) is 0 Å². The lowest BCUT2D eigenvalue weighted by Gasteiger charge is -2.12. The Labute approximate surface area is 172 Å². The van der Waals surface area contributed by atoms with Gasteiger partial charge in [-0.3, -0.25) is 19.9 Å². The molecule has 4 nitrogen and oxygen atoms in total. The van der Waals surface area contributed by atoms with Crippen molar-refractivity contribution in [2.24, 2.45) is 0 Å². The van der Waals surface area contributed by atoms with Gasteiger partial charge in [0.15, 0.2) is 0 Å². The molecule has 0 spiro atoms. The summed E-state index contributed by atoms with van der Waals surface area (Å²) in [5.74, 6) is 0. The molecular formula is C26H16N4. The van der Waals surface area contributed by atoms with Crippen molar-refractivity contribution in [2.45, 2.75) is 0 Å². The standard InChI is InChI=1S/C26H16N4/c1-3-22-20(17-5-11-27-12-6-17)9-15-29-25(22)24-19(1)2-4-23-21(10-16-30-26(23)24)18-7-13-28-14-8-18/h1-16H. The zero-order valence-corrected chi connectivity index (χ0v) is 16.0. The van der Waals surface area contributed by atoms with Gasteiger partial charge in [0.25, 0.3) is 0 Å². The van der Waals surface area contributed by atoms with Gasteiger partial charge in [0.1, 0.15) is 0 Å². The number of pyridine rings is 4. The Bertz CT molecular complexity index is 1410. The van der Waals surface area contributed by atoms with Gasteiger partial charge in [-0.05, 0) is 64.0 Å². The fourth-order valence-electron chi connectivity index (χ4n) is 4.20. The smallest absolute Gasteiger partial charge is 0.0808 e. The molecule has 4 heteroatoms. The van der Waals surface area contributed by atoms with E-state index in [-0.39, 0.29) is 0 Å². The topological polar surface area (TPSA) is 51.6 Å². The van der Waals surface area contributed by atoms with Crippen molar-refractivity contribution in [2.75, 3.05) is 0 Å². The Morgan fingerprint density at radius 3 is 1.37 bits per heavy atom. The van der Waals surface area contributed by atoms with Crippen molar-refractivity contribution in [3.05, 3.63) is 97.8 Å². The van der Waals surface area contributed by atoms with Gasteiger partial charge in [-0.25, -0.2) is 0 Å². The minimum atomic E-state index is 0.965. The molecule has 0 aliphatic carbocycles. The molecular weight excluding hydrogens is 368 g/mol. The van der Waals surface area contributed by atoms with E-state index in [1.165, 1.54) is 0 Å². The largest absolute Gasteiger partial charge is 0.265 e. The third kappa shape index (κ3) is 2.54. The third-order valence-corrected chi connectivity index (χ3v) is 5.58. The van der Waals surface area contributed by atoms with E-state index in [4.69, 9.17) is 9.97 Å². The summed E-state index contributed by atoms with van der Waals surface area (Å²) in [4.78, 5) is 17.9. The number of nitrogens with zero attached hydrogens (tertiary/aromatic N) is 4. The zero-order chi connectivity index (χ0) is 19.9. The van der Waals surface area contributed by atoms with Gasteiger partial charge in [0.05, 0.1) is 11.0 Å². The average molecular weight is 384 g/mol. The summed E-state index contributed by atoms with van der Waals surface area (Å²) in [5.41, 5.74) is 6.47. The highest BCUT2D eigenvalue weighted by Crippen LogP contribution is 2.37. The minimum absolute atomic E-state index is 0.965. The highest BCUT2D eigenvalue weighted by atomic mass is 14.7. The van der Waals surface area contributed by atoms with Crippen molar-refractivity contribution in [3.8, 4) is 22.3 Å². The van der Waals surface area contributed by atoms with Gasteiger partial charge >= 0.3 is 0 Å². The summed E-state index contributed by atoms with van der Waals surface area (Å²) >= 11 is 0. The normalized spacial score (nSPS) is 11.3. The summed E-state index contributed by atoms with van der Waals surface area (Å²) in [7, 11) is 0. The van der Waals surface area contributed by atoms with Gasteiger partial charge < -0.3 is 0 Å². The van der Waals surface area contributed by atoms with Crippen LogP contribution in [-0.2, 0) is 0 Å². The van der Waals surface area contributed by atoms with Crippen LogP contribution in [0.5, 0.6) is 0 Å². The van der Waals surface area contributed by atoms with Crippen LogP contribution in [0.25, 0.3) is 54.8 Å². The Kier molecular flexibility index (Phi) is 3.74. The van der Waals surface area contributed by atoms with Crippen LogP contribution in [0.4, 0.5) is 0 Å². The molecule has 6 rings (SSSR count). The Hall–Kier alpha value is -4.18. The maximum Gasteiger partial charge on any atom is 0.0808 e. The first kappa shape index (κ1) is 16.7. The van der Waals surface area contributed by atoms with Gasteiger partial charge in [-0.1, -0.05) is 24.3 Å². The van der Waals surface area contributed by atoms with Gasteiger partial charge in [0.2, 0.25) is 0 Å². The summed E-state index contributed by atoms with van der Waals surface area (Å²) < 4.78 is 0. The maximum atomic E-state index is 4.78. The van der Waals surface area contributed by atoms with Crippen LogP contribution in [0.3, 0.4) is 0 Å². The molecule has 0 amide bonds. The van der Waals surface area contributed by atoms with Crippen LogP contribution >= 0.6 is 0 Å². The maximum absolute atomic E-state index is 4.78. The van der Waals surface area contributed by atoms with Crippen molar-refractivity contribution >= 4 is 32.6 Å². The molecule has 0 aliphatic heterocycles. The molecule has 2 aromatic carbocycles. The van der Waals surface area contributed by atoms with Gasteiger partial charge in [-0.15, -0.1) is 0 Å². The average Bonchev–Trinajstić information content (AvgIpc) is 2.84. The third-order valence-electron chi connectivity index (χ3n) is 5.58. The second-order valence-corrected chi connectivity index (χ2v) is 7.21. The predicted octanol–water partition coefficient (Wildman–Crippen LogP) is 6.06. The van der Waals surface area contributed by atoms with E-state index >= 15 is 0 Å². The Balaban J connectivity index is 1.73. The second kappa shape index (κ2) is 6.71. The number of aromatic nitrogens is 4. The molecule has 0 atom stereocenters. The van der Waals surface area contributed by atoms with E-state index in [0.29, 0.717) is 0 Å². The number of fused-ring (bicyclic) bond motifs is 5. The Morgan fingerprint density at radius 2 is 0.900 bits per heavy atom. The van der Waals surface area contributed by atoms with Crippen molar-refractivity contribution in [3.63, 3.8) is 0 Å². The van der Waals surface area contributed by atoms with Crippen molar-refractivity contribution < 1.29 is 0 Å². The first-order chi connectivity index (χ1) is 14.9. The second-order valence-electron chi connectivity index (χ2n) is 7.21. The van der Waals surface area contributed by atoms with E-state index in [1.54, 1.807) is 0 Å². The van der Waals surface area contributed by atoms with Crippen LogP contribution in [0, 0.1) is 0 Å². The molecule has 0 N–H and O–H groups in total. The van der Waals surface area contributed by atoms with Crippen LogP contribution in [0.1, 0.15) is 0 Å². The lowest BCUT2D eigenvalue weighted by molar-refractivity contribution is 1.33. The van der Waals surface area contributed by atoms with Crippen LogP contribution < -0.4 is 0 Å². The zero-order valence-electron chi connectivity index (χ0n) is 16.0. The molecule has 0 saturated heterocycles. The quantitative estimate of drug-likeness (QED) is 0.341. The van der Waals surface area contributed by atoms with Crippen LogP contribution in [0.15, 0.2) is 97.8 Å². The van der Waals surface area contributed by atoms with E-state index in [9.17, 15) is 0 Å². The number of benzene rings is 2. The monoisotopic (exact) mass is 384 g/mol. The first-order valence-corrected chi connectivity index (χ1v) is 9.80. The first-order valence-electron chi connectivity index (χ1n) is 9.80. The SMILES string of the molecule is c1cc(-c2ccnc3c2ccc2ccc4c(-c5ccncc5)ccnc4c23)ccn1. The number of hydrogen-bond donors (Lipinski definition) is 0. The summed E-state index contributed by atoms with van der Waals surface area (Å²) in [6, 6.07) is 20.9. The highest BCUT2D eigenvalue weighted by molar-refractivity contribution is 6.21. The van der Waals surface area contributed by atoms with Gasteiger partial charge in [-0.2, -0.15) is 0 Å². The fourth-order valence-corrected chi connectivity index (χ4v) is 4.20. The molecule has 0 aliphatic rings. The molecule has 6 aromatic rings. The molecule has 4 aromatic heterocycles. The summed E-state index contributed by atoms with van der Waals surface area (Å²) in [6.07, 6.45) is 11.0. The minimum Gasteiger partial charge on any atom is -0.265 e. The van der Waals surface area contributed by atoms with E-state index in [1.807, 2.05) is 61.4 Å². The van der Waals surface area contributed by atoms with Crippen molar-refractivity contribution in [1.82, 2.24) is 19.9 Å². The molecule has 0 bridgehead atoms. The Morgan fingerprint density at radius 1 is 0.433 bits per heavy atom. The molecule has 0 fully saturated rings. The van der Waals surface area contributed by atoms with E-state index < -0.39 is 0 Å². The summed E-state index contributed by atoms with van der Waals surface area (Å²) in [5, 5.41) is 4.44. The van der Waals surface area contributed by atoms with E-state index in [2.05, 4.69) is 46.4 Å². The molecule has 0 unspecified atom stereocenters. The van der Waals surface area contributed by atoms with Gasteiger partial charge in [0, 0.05) is 53.3 Å². The number of rotatable bonds is 2. The van der Waals surface area contributed by atoms with Crippen molar-refractivity contribution in [1.29, 1.82) is 0 Å².